The number of rotatable bonds is 5. The highest BCUT2D eigenvalue weighted by atomic mass is 19.4. The van der Waals surface area contributed by atoms with Gasteiger partial charge < -0.3 is 20.6 Å². The van der Waals surface area contributed by atoms with Gasteiger partial charge in [0.25, 0.3) is 0 Å². The van der Waals surface area contributed by atoms with Crippen LogP contribution in [-0.2, 0) is 19.1 Å². The minimum absolute atomic E-state index is 0.116. The van der Waals surface area contributed by atoms with Crippen molar-refractivity contribution < 1.29 is 27.5 Å². The van der Waals surface area contributed by atoms with Crippen LogP contribution in [0.5, 0.6) is 0 Å². The summed E-state index contributed by atoms with van der Waals surface area (Å²) in [6, 6.07) is 0.879. The molecule has 32 heavy (non-hydrogen) atoms. The van der Waals surface area contributed by atoms with Gasteiger partial charge in [0.05, 0.1) is 29.9 Å². The van der Waals surface area contributed by atoms with Crippen molar-refractivity contribution >= 4 is 12.0 Å². The molecule has 11 heteroatoms. The summed E-state index contributed by atoms with van der Waals surface area (Å²) < 4.78 is 53.8. The van der Waals surface area contributed by atoms with E-state index in [2.05, 4.69) is 20.6 Å². The molecule has 0 radical (unpaired) electrons. The average molecular weight is 455 g/mol. The Bertz CT molecular complexity index is 981. The fourth-order valence-electron chi connectivity index (χ4n) is 3.50. The Morgan fingerprint density at radius 2 is 1.97 bits per heavy atom. The van der Waals surface area contributed by atoms with E-state index < -0.39 is 41.3 Å². The van der Waals surface area contributed by atoms with Crippen LogP contribution in [0.15, 0.2) is 24.4 Å². The van der Waals surface area contributed by atoms with Gasteiger partial charge in [0.1, 0.15) is 5.82 Å². The quantitative estimate of drug-likeness (QED) is 0.599. The van der Waals surface area contributed by atoms with Gasteiger partial charge >= 0.3 is 12.2 Å². The molecule has 0 unspecified atom stereocenters. The molecule has 2 atom stereocenters. The van der Waals surface area contributed by atoms with Gasteiger partial charge in [-0.2, -0.15) is 13.2 Å². The first-order valence-corrected chi connectivity index (χ1v) is 10.2. The molecule has 0 bridgehead atoms. The van der Waals surface area contributed by atoms with E-state index in [1.807, 2.05) is 13.8 Å². The third-order valence-corrected chi connectivity index (χ3v) is 5.08. The Labute approximate surface area is 182 Å². The molecule has 0 aliphatic carbocycles. The van der Waals surface area contributed by atoms with Crippen LogP contribution in [0.1, 0.15) is 49.2 Å². The Balaban J connectivity index is 1.80. The number of halogens is 4. The summed E-state index contributed by atoms with van der Waals surface area (Å²) in [5.74, 6) is -1.10. The van der Waals surface area contributed by atoms with Crippen LogP contribution in [0.3, 0.4) is 0 Å². The van der Waals surface area contributed by atoms with Crippen molar-refractivity contribution in [3.05, 3.63) is 52.6 Å². The first kappa shape index (κ1) is 23.7. The topological polar surface area (TPSA) is 90.4 Å². The predicted molar refractivity (Wildman–Crippen MR) is 109 cm³/mol. The fraction of sp³-hybridized carbons (Fsp3) is 0.476. The maximum Gasteiger partial charge on any atom is 0.419 e. The molecular weight excluding hydrogens is 430 g/mol. The minimum Gasteiger partial charge on any atom is -0.391 e. The Kier molecular flexibility index (Phi) is 6.87. The van der Waals surface area contributed by atoms with Crippen LogP contribution in [0, 0.1) is 5.82 Å². The van der Waals surface area contributed by atoms with E-state index in [-0.39, 0.29) is 12.6 Å². The second-order valence-electron chi connectivity index (χ2n) is 8.01. The predicted octanol–water partition coefficient (Wildman–Crippen LogP) is 3.64. The zero-order chi connectivity index (χ0) is 23.6. The standard InChI is InChI=1S/C21H25F4N5O2/c1-11(2)27-19-26-9-13-7-8-30(10-16(13)28-19)20(32)29-18(12(3)31)14-5-4-6-15(17(14)22)21(23,24)25/h4-6,9,11-12,18,31H,7-8,10H2,1-3H3,(H,29,32)(H,26,27,28)/t12-,18-/m1/s1. The van der Waals surface area contributed by atoms with Crippen LogP contribution in [0.4, 0.5) is 28.3 Å². The highest BCUT2D eigenvalue weighted by Crippen LogP contribution is 2.34. The van der Waals surface area contributed by atoms with Crippen molar-refractivity contribution in [3.63, 3.8) is 0 Å². The number of amides is 2. The highest BCUT2D eigenvalue weighted by molar-refractivity contribution is 5.75. The minimum atomic E-state index is -4.90. The van der Waals surface area contributed by atoms with E-state index in [9.17, 15) is 27.5 Å². The normalized spacial score (nSPS) is 15.8. The maximum atomic E-state index is 14.6. The molecule has 7 nitrogen and oxygen atoms in total. The van der Waals surface area contributed by atoms with Gasteiger partial charge in [0.2, 0.25) is 5.95 Å². The molecular formula is C21H25F4N5O2. The van der Waals surface area contributed by atoms with Crippen LogP contribution >= 0.6 is 0 Å². The number of benzene rings is 1. The second kappa shape index (κ2) is 9.27. The summed E-state index contributed by atoms with van der Waals surface area (Å²) in [4.78, 5) is 22.9. The lowest BCUT2D eigenvalue weighted by Crippen LogP contribution is -2.46. The van der Waals surface area contributed by atoms with E-state index in [4.69, 9.17) is 0 Å². The number of nitrogens with one attached hydrogen (secondary N) is 2. The molecule has 0 spiro atoms. The molecule has 0 fully saturated rings. The summed E-state index contributed by atoms with van der Waals surface area (Å²) >= 11 is 0. The SMILES string of the molecule is CC(C)Nc1ncc2c(n1)CN(C(=O)N[C@@H](c1cccc(C(F)(F)F)c1F)[C@@H](C)O)CC2. The number of anilines is 1. The van der Waals surface area contributed by atoms with Crippen molar-refractivity contribution in [3.8, 4) is 0 Å². The molecule has 2 aromatic rings. The number of carbonyl (C=O) groups is 1. The molecule has 2 heterocycles. The monoisotopic (exact) mass is 455 g/mol. The highest BCUT2D eigenvalue weighted by Gasteiger charge is 2.37. The van der Waals surface area contributed by atoms with Crippen LogP contribution in [0.25, 0.3) is 0 Å². The molecule has 3 N–H and O–H groups in total. The number of hydrogen-bond donors (Lipinski definition) is 3. The largest absolute Gasteiger partial charge is 0.419 e. The van der Waals surface area contributed by atoms with Crippen molar-refractivity contribution in [1.29, 1.82) is 0 Å². The number of carbonyl (C=O) groups excluding carboxylic acids is 1. The molecule has 2 amide bonds. The van der Waals surface area contributed by atoms with Crippen molar-refractivity contribution in [2.75, 3.05) is 11.9 Å². The molecule has 1 aliphatic rings. The van der Waals surface area contributed by atoms with Crippen LogP contribution < -0.4 is 10.6 Å². The average Bonchev–Trinajstić information content (AvgIpc) is 2.70. The fourth-order valence-corrected chi connectivity index (χ4v) is 3.50. The van der Waals surface area contributed by atoms with E-state index >= 15 is 0 Å². The summed E-state index contributed by atoms with van der Waals surface area (Å²) in [6.45, 7) is 5.61. The third-order valence-electron chi connectivity index (χ3n) is 5.08. The molecule has 1 aromatic heterocycles. The van der Waals surface area contributed by atoms with Gasteiger partial charge in [-0.3, -0.25) is 0 Å². The first-order chi connectivity index (χ1) is 15.0. The van der Waals surface area contributed by atoms with E-state index in [0.29, 0.717) is 30.7 Å². The third kappa shape index (κ3) is 5.26. The van der Waals surface area contributed by atoms with Crippen LogP contribution in [0.2, 0.25) is 0 Å². The molecule has 0 saturated carbocycles. The van der Waals surface area contributed by atoms with E-state index in [1.54, 1.807) is 6.20 Å². The summed E-state index contributed by atoms with van der Waals surface area (Å²) in [7, 11) is 0. The van der Waals surface area contributed by atoms with E-state index in [0.717, 1.165) is 17.7 Å². The second-order valence-corrected chi connectivity index (χ2v) is 8.01. The number of aliphatic hydroxyl groups excluding tert-OH is 1. The van der Waals surface area contributed by atoms with Crippen molar-refractivity contribution in [2.45, 2.75) is 58.1 Å². The molecule has 1 aliphatic heterocycles. The Morgan fingerprint density at radius 1 is 1.25 bits per heavy atom. The van der Waals surface area contributed by atoms with Gasteiger partial charge in [-0.05, 0) is 38.8 Å². The van der Waals surface area contributed by atoms with E-state index in [1.165, 1.54) is 11.8 Å². The number of alkyl halides is 3. The summed E-state index contributed by atoms with van der Waals surface area (Å²) in [6.07, 6.45) is -4.05. The lowest BCUT2D eigenvalue weighted by molar-refractivity contribution is -0.140. The number of hydrogen-bond acceptors (Lipinski definition) is 5. The van der Waals surface area contributed by atoms with Gasteiger partial charge in [-0.1, -0.05) is 12.1 Å². The number of urea groups is 1. The molecule has 0 saturated heterocycles. The summed E-state index contributed by atoms with van der Waals surface area (Å²) in [5, 5.41) is 15.7. The number of nitrogens with zero attached hydrogens (tertiary/aromatic N) is 3. The van der Waals surface area contributed by atoms with Crippen molar-refractivity contribution in [2.24, 2.45) is 0 Å². The van der Waals surface area contributed by atoms with Gasteiger partial charge in [-0.25, -0.2) is 19.2 Å². The molecule has 174 valence electrons. The van der Waals surface area contributed by atoms with Crippen molar-refractivity contribution in [1.82, 2.24) is 20.2 Å². The summed E-state index contributed by atoms with van der Waals surface area (Å²) in [5.41, 5.74) is -0.363. The molecule has 3 rings (SSSR count). The Morgan fingerprint density at radius 3 is 2.59 bits per heavy atom. The number of aliphatic hydroxyl groups is 1. The van der Waals surface area contributed by atoms with Gasteiger partial charge in [0, 0.05) is 24.3 Å². The molecule has 1 aromatic carbocycles. The van der Waals surface area contributed by atoms with Crippen LogP contribution in [-0.4, -0.2) is 44.7 Å². The first-order valence-electron chi connectivity index (χ1n) is 10.2. The Hall–Kier alpha value is -2.95. The van der Waals surface area contributed by atoms with Gasteiger partial charge in [0.15, 0.2) is 0 Å². The lowest BCUT2D eigenvalue weighted by Gasteiger charge is -2.31. The number of fused-ring (bicyclic) bond motifs is 1. The number of aromatic nitrogens is 2. The zero-order valence-electron chi connectivity index (χ0n) is 17.9. The maximum absolute atomic E-state index is 14.6. The van der Waals surface area contributed by atoms with Gasteiger partial charge in [-0.15, -0.1) is 0 Å². The zero-order valence-corrected chi connectivity index (χ0v) is 17.9. The lowest BCUT2D eigenvalue weighted by atomic mass is 9.98. The smallest absolute Gasteiger partial charge is 0.391 e.